The first-order valence-corrected chi connectivity index (χ1v) is 12.3. The molecule has 2 heterocycles. The molecule has 0 radical (unpaired) electrons. The van der Waals surface area contributed by atoms with Crippen LogP contribution in [-0.2, 0) is 14.8 Å². The van der Waals surface area contributed by atoms with Gasteiger partial charge in [0, 0.05) is 52.4 Å². The fourth-order valence-corrected chi connectivity index (χ4v) is 5.48. The van der Waals surface area contributed by atoms with Gasteiger partial charge in [-0.3, -0.25) is 9.69 Å². The predicted molar refractivity (Wildman–Crippen MR) is 116 cm³/mol. The van der Waals surface area contributed by atoms with Gasteiger partial charge in [0.25, 0.3) is 0 Å². The van der Waals surface area contributed by atoms with Crippen molar-refractivity contribution in [3.05, 3.63) is 24.3 Å². The molecule has 0 spiro atoms. The van der Waals surface area contributed by atoms with E-state index in [4.69, 9.17) is 4.74 Å². The lowest BCUT2D eigenvalue weighted by Crippen LogP contribution is -2.57. The van der Waals surface area contributed by atoms with E-state index < -0.39 is 10.0 Å². The lowest BCUT2D eigenvalue weighted by Gasteiger charge is -2.40. The molecule has 9 heteroatoms. The summed E-state index contributed by atoms with van der Waals surface area (Å²) in [5, 5.41) is 0. The molecule has 2 aliphatic heterocycles. The Balaban J connectivity index is 1.55. The highest BCUT2D eigenvalue weighted by Crippen LogP contribution is 2.21. The van der Waals surface area contributed by atoms with Crippen molar-refractivity contribution in [2.75, 3.05) is 65.5 Å². The number of carbonyl (C=O) groups is 1. The van der Waals surface area contributed by atoms with E-state index in [1.807, 2.05) is 18.7 Å². The summed E-state index contributed by atoms with van der Waals surface area (Å²) in [5.74, 6) is 0.807. The number of ether oxygens (including phenoxy) is 1. The molecular formula is C21H34N4O4S. The van der Waals surface area contributed by atoms with Gasteiger partial charge in [-0.15, -0.1) is 0 Å². The first-order chi connectivity index (χ1) is 14.4. The van der Waals surface area contributed by atoms with Crippen LogP contribution in [0, 0.1) is 0 Å². The highest BCUT2D eigenvalue weighted by molar-refractivity contribution is 7.89. The summed E-state index contributed by atoms with van der Waals surface area (Å²) >= 11 is 0. The van der Waals surface area contributed by atoms with Gasteiger partial charge in [0.15, 0.2) is 0 Å². The molecule has 2 fully saturated rings. The number of likely N-dealkylation sites (N-methyl/N-ethyl adjacent to an activating group) is 1. The van der Waals surface area contributed by atoms with Gasteiger partial charge in [0.05, 0.1) is 17.5 Å². The van der Waals surface area contributed by atoms with E-state index in [-0.39, 0.29) is 16.8 Å². The third-order valence-electron chi connectivity index (χ3n) is 6.08. The zero-order valence-corrected chi connectivity index (χ0v) is 19.1. The quantitative estimate of drug-likeness (QED) is 0.631. The van der Waals surface area contributed by atoms with Crippen molar-refractivity contribution in [2.45, 2.75) is 31.7 Å². The van der Waals surface area contributed by atoms with Crippen molar-refractivity contribution in [1.29, 1.82) is 0 Å². The molecule has 2 aliphatic rings. The number of nitrogens with zero attached hydrogens (tertiary/aromatic N) is 4. The molecule has 30 heavy (non-hydrogen) atoms. The van der Waals surface area contributed by atoms with E-state index >= 15 is 0 Å². The Bertz CT molecular complexity index is 799. The molecule has 0 aliphatic carbocycles. The van der Waals surface area contributed by atoms with Crippen LogP contribution in [0.2, 0.25) is 0 Å². The maximum absolute atomic E-state index is 13.0. The second-order valence-electron chi connectivity index (χ2n) is 7.78. The lowest BCUT2D eigenvalue weighted by atomic mass is 10.2. The van der Waals surface area contributed by atoms with Crippen LogP contribution in [0.5, 0.6) is 5.75 Å². The number of amides is 1. The highest BCUT2D eigenvalue weighted by Gasteiger charge is 2.33. The number of piperazine rings is 2. The Labute approximate surface area is 180 Å². The van der Waals surface area contributed by atoms with Crippen LogP contribution in [0.1, 0.15) is 20.8 Å². The average Bonchev–Trinajstić information content (AvgIpc) is 2.79. The van der Waals surface area contributed by atoms with E-state index in [1.165, 1.54) is 4.31 Å². The van der Waals surface area contributed by atoms with E-state index in [0.29, 0.717) is 38.5 Å². The zero-order valence-electron chi connectivity index (χ0n) is 18.3. The number of benzene rings is 1. The predicted octanol–water partition coefficient (Wildman–Crippen LogP) is 0.944. The summed E-state index contributed by atoms with van der Waals surface area (Å²) in [4.78, 5) is 19.6. The van der Waals surface area contributed by atoms with Crippen LogP contribution in [0.4, 0.5) is 0 Å². The van der Waals surface area contributed by atoms with Crippen LogP contribution in [0.3, 0.4) is 0 Å². The van der Waals surface area contributed by atoms with Crippen molar-refractivity contribution < 1.29 is 17.9 Å². The van der Waals surface area contributed by atoms with Crippen LogP contribution in [0.15, 0.2) is 29.2 Å². The second kappa shape index (κ2) is 10.1. The largest absolute Gasteiger partial charge is 0.494 e. The monoisotopic (exact) mass is 438 g/mol. The molecule has 0 unspecified atom stereocenters. The molecule has 8 nitrogen and oxygen atoms in total. The second-order valence-corrected chi connectivity index (χ2v) is 9.72. The maximum atomic E-state index is 13.0. The molecule has 0 saturated carbocycles. The van der Waals surface area contributed by atoms with Crippen molar-refractivity contribution in [2.24, 2.45) is 0 Å². The third kappa shape index (κ3) is 5.14. The SMILES string of the molecule is CCOc1ccc(S(=O)(=O)N2CCN([C@@H](C)C(=O)N3CCN(CC)CC3)CC2)cc1. The highest BCUT2D eigenvalue weighted by atomic mass is 32.2. The number of hydrogen-bond acceptors (Lipinski definition) is 6. The van der Waals surface area contributed by atoms with Crippen molar-refractivity contribution in [3.63, 3.8) is 0 Å². The number of rotatable bonds is 7. The summed E-state index contributed by atoms with van der Waals surface area (Å²) < 4.78 is 32.8. The molecule has 168 valence electrons. The summed E-state index contributed by atoms with van der Waals surface area (Å²) in [6, 6.07) is 6.33. The minimum atomic E-state index is -3.54. The lowest BCUT2D eigenvalue weighted by molar-refractivity contribution is -0.138. The molecule has 0 N–H and O–H groups in total. The minimum absolute atomic E-state index is 0.147. The normalized spacial score (nSPS) is 20.8. The molecule has 0 aromatic heterocycles. The van der Waals surface area contributed by atoms with Crippen LogP contribution >= 0.6 is 0 Å². The molecule has 2 saturated heterocycles. The molecular weight excluding hydrogens is 404 g/mol. The topological polar surface area (TPSA) is 73.4 Å². The Morgan fingerprint density at radius 1 is 0.967 bits per heavy atom. The Hall–Kier alpha value is -1.68. The van der Waals surface area contributed by atoms with Gasteiger partial charge in [-0.25, -0.2) is 8.42 Å². The van der Waals surface area contributed by atoms with E-state index in [2.05, 4.69) is 16.7 Å². The van der Waals surface area contributed by atoms with Gasteiger partial charge in [0.2, 0.25) is 15.9 Å². The van der Waals surface area contributed by atoms with Crippen molar-refractivity contribution in [1.82, 2.24) is 19.0 Å². The van der Waals surface area contributed by atoms with Gasteiger partial charge in [0.1, 0.15) is 5.75 Å². The van der Waals surface area contributed by atoms with Crippen LogP contribution in [-0.4, -0.2) is 105 Å². The molecule has 0 bridgehead atoms. The van der Waals surface area contributed by atoms with Gasteiger partial charge in [-0.2, -0.15) is 4.31 Å². The fourth-order valence-electron chi connectivity index (χ4n) is 4.06. The van der Waals surface area contributed by atoms with Gasteiger partial charge in [-0.1, -0.05) is 6.92 Å². The third-order valence-corrected chi connectivity index (χ3v) is 7.99. The molecule has 3 rings (SSSR count). The Morgan fingerprint density at radius 3 is 2.10 bits per heavy atom. The molecule has 1 atom stereocenters. The molecule has 1 amide bonds. The van der Waals surface area contributed by atoms with Gasteiger partial charge in [-0.05, 0) is 44.7 Å². The minimum Gasteiger partial charge on any atom is -0.494 e. The molecule has 1 aromatic carbocycles. The van der Waals surface area contributed by atoms with E-state index in [1.54, 1.807) is 24.3 Å². The smallest absolute Gasteiger partial charge is 0.243 e. The zero-order chi connectivity index (χ0) is 21.7. The number of hydrogen-bond donors (Lipinski definition) is 0. The molecule has 1 aromatic rings. The van der Waals surface area contributed by atoms with Crippen LogP contribution in [0.25, 0.3) is 0 Å². The summed E-state index contributed by atoms with van der Waals surface area (Å²) in [6.45, 7) is 12.8. The summed E-state index contributed by atoms with van der Waals surface area (Å²) in [7, 11) is -3.54. The van der Waals surface area contributed by atoms with Gasteiger partial charge < -0.3 is 14.5 Å². The standard InChI is InChI=1S/C21H34N4O4S/c1-4-22-10-12-24(13-11-22)21(26)18(3)23-14-16-25(17-15-23)30(27,28)20-8-6-19(7-9-20)29-5-2/h6-9,18H,4-5,10-17H2,1-3H3/t18-/m0/s1. The Morgan fingerprint density at radius 2 is 1.57 bits per heavy atom. The maximum Gasteiger partial charge on any atom is 0.243 e. The van der Waals surface area contributed by atoms with Crippen molar-refractivity contribution in [3.8, 4) is 5.75 Å². The first kappa shape index (κ1) is 23.0. The first-order valence-electron chi connectivity index (χ1n) is 10.8. The fraction of sp³-hybridized carbons (Fsp3) is 0.667. The van der Waals surface area contributed by atoms with E-state index in [9.17, 15) is 13.2 Å². The number of carbonyl (C=O) groups excluding carboxylic acids is 1. The summed E-state index contributed by atoms with van der Waals surface area (Å²) in [5.41, 5.74) is 0. The van der Waals surface area contributed by atoms with E-state index in [0.717, 1.165) is 32.7 Å². The average molecular weight is 439 g/mol. The van der Waals surface area contributed by atoms with Crippen LogP contribution < -0.4 is 4.74 Å². The Kier molecular flexibility index (Phi) is 7.73. The van der Waals surface area contributed by atoms with Crippen molar-refractivity contribution >= 4 is 15.9 Å². The number of sulfonamides is 1. The van der Waals surface area contributed by atoms with Gasteiger partial charge >= 0.3 is 0 Å². The summed E-state index contributed by atoms with van der Waals surface area (Å²) in [6.07, 6.45) is 0.